The molecule has 0 bridgehead atoms. The molecule has 1 unspecified atom stereocenters. The highest BCUT2D eigenvalue weighted by molar-refractivity contribution is 5.77. The smallest absolute Gasteiger partial charge is 0.396 e. The van der Waals surface area contributed by atoms with Gasteiger partial charge in [0.25, 0.3) is 10.8 Å². The van der Waals surface area contributed by atoms with Crippen molar-refractivity contribution < 1.29 is 10.1 Å². The van der Waals surface area contributed by atoms with Crippen LogP contribution in [0.5, 0.6) is 0 Å². The largest absolute Gasteiger partial charge is 0.429 e. The number of guanidine groups is 1. The van der Waals surface area contributed by atoms with Crippen molar-refractivity contribution in [1.82, 2.24) is 9.13 Å². The van der Waals surface area contributed by atoms with Gasteiger partial charge in [0, 0.05) is 27.1 Å². The first-order valence-corrected chi connectivity index (χ1v) is 5.93. The Balaban J connectivity index is 2.64. The first-order chi connectivity index (χ1) is 8.95. The predicted molar refractivity (Wildman–Crippen MR) is 66.4 cm³/mol. The molecule has 2 rings (SSSR count). The quantitative estimate of drug-likeness (QED) is 0.577. The lowest BCUT2D eigenvalue weighted by Gasteiger charge is -1.98. The molecule has 102 valence electrons. The van der Waals surface area contributed by atoms with E-state index in [4.69, 9.17) is 5.11 Å². The highest BCUT2D eigenvalue weighted by Gasteiger charge is 2.22. The molecule has 0 saturated carbocycles. The van der Waals surface area contributed by atoms with Crippen LogP contribution in [0.4, 0.5) is 0 Å². The molecule has 1 aromatic rings. The van der Waals surface area contributed by atoms with Gasteiger partial charge in [-0.05, 0) is 11.9 Å². The zero-order valence-electron chi connectivity index (χ0n) is 11.0. The van der Waals surface area contributed by atoms with E-state index < -0.39 is 11.2 Å². The lowest BCUT2D eigenvalue weighted by molar-refractivity contribution is -0.501. The number of hydrogen-bond acceptors (Lipinski definition) is 3. The number of rotatable bonds is 3. The van der Waals surface area contributed by atoms with Gasteiger partial charge in [-0.15, -0.1) is 0 Å². The molecule has 1 aliphatic rings. The molecule has 8 nitrogen and oxygen atoms in total. The standard InChI is InChI=1S/C11H15N5O3/c1-6(4-5-17)12-10-13-7-8(14-10)15(2)11(19)16(3)9(7)18/h6,17H,4-5H2,1-3H3/p+1. The molecule has 2 heterocycles. The topological polar surface area (TPSA) is 103 Å². The van der Waals surface area contributed by atoms with Crippen molar-refractivity contribution in [3.63, 3.8) is 0 Å². The molecule has 19 heavy (non-hydrogen) atoms. The van der Waals surface area contributed by atoms with E-state index in [9.17, 15) is 9.59 Å². The minimum atomic E-state index is -0.464. The molecule has 0 spiro atoms. The number of fused-ring (bicyclic) bond motifs is 1. The summed E-state index contributed by atoms with van der Waals surface area (Å²) in [5, 5.41) is 8.99. The van der Waals surface area contributed by atoms with Crippen LogP contribution in [0.2, 0.25) is 0 Å². The Morgan fingerprint density at radius 1 is 1.26 bits per heavy atom. The number of aromatic nitrogens is 2. The van der Waals surface area contributed by atoms with Crippen LogP contribution in [0.15, 0.2) is 19.6 Å². The van der Waals surface area contributed by atoms with E-state index in [0.717, 1.165) is 4.57 Å². The fourth-order valence-electron chi connectivity index (χ4n) is 1.82. The number of aliphatic hydroxyl groups is 1. The van der Waals surface area contributed by atoms with Crippen molar-refractivity contribution in [2.45, 2.75) is 19.4 Å². The third-order valence-electron chi connectivity index (χ3n) is 2.98. The summed E-state index contributed by atoms with van der Waals surface area (Å²) in [4.78, 5) is 34.9. The maximum atomic E-state index is 11.9. The maximum absolute atomic E-state index is 11.9. The lowest BCUT2D eigenvalue weighted by Crippen LogP contribution is -2.78. The van der Waals surface area contributed by atoms with Crippen LogP contribution in [0, 0.1) is 0 Å². The summed E-state index contributed by atoms with van der Waals surface area (Å²) in [5.41, 5.74) is -0.646. The van der Waals surface area contributed by atoms with E-state index >= 15 is 0 Å². The number of nitrogens with one attached hydrogen (secondary N) is 1. The predicted octanol–water partition coefficient (Wildman–Crippen LogP) is -4.46. The van der Waals surface area contributed by atoms with Crippen molar-refractivity contribution in [2.24, 2.45) is 24.1 Å². The fourth-order valence-corrected chi connectivity index (χ4v) is 1.82. The molecule has 0 fully saturated rings. The molecule has 0 amide bonds. The van der Waals surface area contributed by atoms with Gasteiger partial charge in [0.1, 0.15) is 0 Å². The minimum Gasteiger partial charge on any atom is -0.396 e. The van der Waals surface area contributed by atoms with E-state index in [1.807, 2.05) is 6.92 Å². The van der Waals surface area contributed by atoms with Crippen LogP contribution >= 0.6 is 0 Å². The Labute approximate surface area is 108 Å². The number of aliphatic hydroxyl groups excluding tert-OH is 1. The summed E-state index contributed by atoms with van der Waals surface area (Å²) in [7, 11) is 2.94. The Morgan fingerprint density at radius 2 is 1.95 bits per heavy atom. The highest BCUT2D eigenvalue weighted by Crippen LogP contribution is 1.80. The highest BCUT2D eigenvalue weighted by atomic mass is 16.3. The summed E-state index contributed by atoms with van der Waals surface area (Å²) in [5.74, 6) is 0.286. The van der Waals surface area contributed by atoms with Gasteiger partial charge < -0.3 is 5.11 Å². The van der Waals surface area contributed by atoms with Crippen molar-refractivity contribution in [3.8, 4) is 0 Å². The van der Waals surface area contributed by atoms with Crippen molar-refractivity contribution in [1.29, 1.82) is 0 Å². The zero-order valence-corrected chi connectivity index (χ0v) is 11.0. The van der Waals surface area contributed by atoms with Crippen LogP contribution in [0.3, 0.4) is 0 Å². The second-order valence-electron chi connectivity index (χ2n) is 4.48. The van der Waals surface area contributed by atoms with Gasteiger partial charge in [-0.2, -0.15) is 0 Å². The summed E-state index contributed by atoms with van der Waals surface area (Å²) in [6, 6.07) is -0.0253. The van der Waals surface area contributed by atoms with Gasteiger partial charge in [0.2, 0.25) is 0 Å². The van der Waals surface area contributed by atoms with Crippen LogP contribution in [-0.2, 0) is 14.1 Å². The van der Waals surface area contributed by atoms with Crippen LogP contribution in [0.25, 0.3) is 0 Å². The summed E-state index contributed by atoms with van der Waals surface area (Å²) < 4.78 is 2.28. The van der Waals surface area contributed by atoms with Crippen molar-refractivity contribution in [2.75, 3.05) is 6.61 Å². The molecule has 1 atom stereocenters. The molecule has 2 N–H and O–H groups in total. The summed E-state index contributed by atoms with van der Waals surface area (Å²) in [6.45, 7) is 1.92. The van der Waals surface area contributed by atoms with E-state index in [0.29, 0.717) is 6.42 Å². The molecule has 1 aromatic heterocycles. The Bertz CT molecular complexity index is 771. The molecule has 0 saturated heterocycles. The molecule has 1 aliphatic heterocycles. The van der Waals surface area contributed by atoms with Gasteiger partial charge in [-0.1, -0.05) is 4.99 Å². The Morgan fingerprint density at radius 3 is 2.58 bits per heavy atom. The molecule has 8 heteroatoms. The minimum absolute atomic E-state index is 0.0253. The van der Waals surface area contributed by atoms with E-state index in [-0.39, 0.29) is 29.5 Å². The Hall–Kier alpha value is -2.09. The van der Waals surface area contributed by atoms with Crippen LogP contribution in [-0.4, -0.2) is 32.8 Å². The Kier molecular flexibility index (Phi) is 3.43. The third kappa shape index (κ3) is 2.26. The monoisotopic (exact) mass is 266 g/mol. The van der Waals surface area contributed by atoms with E-state index in [1.165, 1.54) is 11.6 Å². The second kappa shape index (κ2) is 4.88. The third-order valence-corrected chi connectivity index (χ3v) is 2.98. The zero-order chi connectivity index (χ0) is 14.2. The average molecular weight is 266 g/mol. The van der Waals surface area contributed by atoms with Crippen molar-refractivity contribution in [3.05, 3.63) is 31.7 Å². The lowest BCUT2D eigenvalue weighted by atomic mass is 10.3. The maximum Gasteiger partial charge on any atom is 0.429 e. The number of nitrogens with zero attached hydrogens (tertiary/aromatic N) is 4. The second-order valence-corrected chi connectivity index (χ2v) is 4.48. The first-order valence-electron chi connectivity index (χ1n) is 5.93. The van der Waals surface area contributed by atoms with Crippen molar-refractivity contribution >= 4 is 5.96 Å². The molecule has 0 radical (unpaired) electrons. The normalized spacial score (nSPS) is 16.9. The van der Waals surface area contributed by atoms with Gasteiger partial charge in [-0.25, -0.2) is 4.79 Å². The van der Waals surface area contributed by atoms with Crippen LogP contribution in [0.1, 0.15) is 13.3 Å². The SMILES string of the molecule is CC(CCO)[NH+]=C1N=c2c(=O)n(C)c(=O)n(C)c2=N1. The molecule has 0 aliphatic carbocycles. The molecular weight excluding hydrogens is 250 g/mol. The first kappa shape index (κ1) is 13.3. The summed E-state index contributed by atoms with van der Waals surface area (Å²) in [6.07, 6.45) is 0.543. The van der Waals surface area contributed by atoms with Crippen LogP contribution < -0.4 is 27.1 Å². The van der Waals surface area contributed by atoms with E-state index in [2.05, 4.69) is 15.0 Å². The fraction of sp³-hybridized carbons (Fsp3) is 0.545. The van der Waals surface area contributed by atoms with Gasteiger partial charge in [-0.3, -0.25) is 18.9 Å². The van der Waals surface area contributed by atoms with Gasteiger partial charge in [0.05, 0.1) is 6.04 Å². The average Bonchev–Trinajstić information content (AvgIpc) is 2.78. The molecular formula is C11H16N5O3+. The molecule has 0 aromatic carbocycles. The summed E-state index contributed by atoms with van der Waals surface area (Å²) >= 11 is 0. The van der Waals surface area contributed by atoms with E-state index in [1.54, 1.807) is 7.05 Å². The van der Waals surface area contributed by atoms with Gasteiger partial charge in [0.15, 0.2) is 0 Å². The number of hydrogen-bond donors (Lipinski definition) is 2. The van der Waals surface area contributed by atoms with Gasteiger partial charge >= 0.3 is 17.2 Å².